The van der Waals surface area contributed by atoms with E-state index >= 15 is 0 Å². The van der Waals surface area contributed by atoms with Crippen molar-refractivity contribution < 1.29 is 9.90 Å². The zero-order chi connectivity index (χ0) is 14.2. The van der Waals surface area contributed by atoms with Crippen molar-refractivity contribution in [1.82, 2.24) is 15.1 Å². The molecule has 0 radical (unpaired) electrons. The largest absolute Gasteiger partial charge is 0.395 e. The van der Waals surface area contributed by atoms with Gasteiger partial charge in [0.25, 0.3) is 0 Å². The third-order valence-electron chi connectivity index (χ3n) is 4.09. The van der Waals surface area contributed by atoms with Crippen LogP contribution in [-0.4, -0.2) is 84.2 Å². The molecular weight excluding hydrogens is 274 g/mol. The number of hydrogen-bond donors (Lipinski definition) is 2. The summed E-state index contributed by atoms with van der Waals surface area (Å²) in [4.78, 5) is 16.5. The molecular formula is C14H27N3O2S. The maximum atomic E-state index is 12.3. The van der Waals surface area contributed by atoms with E-state index in [4.69, 9.17) is 5.11 Å². The molecule has 0 bridgehead atoms. The molecule has 0 spiro atoms. The van der Waals surface area contributed by atoms with Crippen molar-refractivity contribution >= 4 is 17.7 Å². The Kier molecular flexibility index (Phi) is 7.13. The summed E-state index contributed by atoms with van der Waals surface area (Å²) in [7, 11) is 0. The minimum atomic E-state index is 0.208. The summed E-state index contributed by atoms with van der Waals surface area (Å²) in [5.74, 6) is 0.921. The molecule has 0 aromatic rings. The Morgan fingerprint density at radius 3 is 2.75 bits per heavy atom. The predicted octanol–water partition coefficient (Wildman–Crippen LogP) is -0.00180. The summed E-state index contributed by atoms with van der Waals surface area (Å²) >= 11 is 1.83. The zero-order valence-corrected chi connectivity index (χ0v) is 13.0. The minimum absolute atomic E-state index is 0.208. The Morgan fingerprint density at radius 1 is 1.20 bits per heavy atom. The van der Waals surface area contributed by atoms with Crippen LogP contribution < -0.4 is 5.32 Å². The van der Waals surface area contributed by atoms with Gasteiger partial charge in [-0.15, -0.1) is 11.8 Å². The highest BCUT2D eigenvalue weighted by Crippen LogP contribution is 2.20. The van der Waals surface area contributed by atoms with Crippen molar-refractivity contribution in [2.45, 2.75) is 24.5 Å². The number of hydrogen-bond acceptors (Lipinski definition) is 5. The second-order valence-electron chi connectivity index (χ2n) is 5.56. The molecule has 2 aliphatic heterocycles. The van der Waals surface area contributed by atoms with Gasteiger partial charge in [-0.1, -0.05) is 0 Å². The molecule has 1 amide bonds. The number of thioether (sulfide) groups is 1. The summed E-state index contributed by atoms with van der Waals surface area (Å²) in [5.41, 5.74) is 0. The van der Waals surface area contributed by atoms with Crippen molar-refractivity contribution in [2.75, 3.05) is 58.2 Å². The number of nitrogens with one attached hydrogen (secondary N) is 1. The maximum absolute atomic E-state index is 12.3. The van der Waals surface area contributed by atoms with E-state index in [1.807, 2.05) is 16.7 Å². The van der Waals surface area contributed by atoms with Crippen LogP contribution in [0.4, 0.5) is 0 Å². The fourth-order valence-electron chi connectivity index (χ4n) is 2.83. The molecule has 2 heterocycles. The topological polar surface area (TPSA) is 55.8 Å². The van der Waals surface area contributed by atoms with Crippen molar-refractivity contribution in [3.05, 3.63) is 0 Å². The van der Waals surface area contributed by atoms with Crippen LogP contribution in [0.1, 0.15) is 19.3 Å². The number of carbonyl (C=O) groups excluding carboxylic acids is 1. The third kappa shape index (κ3) is 5.24. The quantitative estimate of drug-likeness (QED) is 0.748. The number of rotatable bonds is 5. The van der Waals surface area contributed by atoms with Crippen molar-refractivity contribution in [1.29, 1.82) is 0 Å². The van der Waals surface area contributed by atoms with E-state index < -0.39 is 0 Å². The molecule has 0 aromatic heterocycles. The van der Waals surface area contributed by atoms with Gasteiger partial charge in [0.15, 0.2) is 0 Å². The highest BCUT2D eigenvalue weighted by molar-refractivity contribution is 8.00. The van der Waals surface area contributed by atoms with Gasteiger partial charge < -0.3 is 15.3 Å². The third-order valence-corrected chi connectivity index (χ3v) is 5.44. The second kappa shape index (κ2) is 8.87. The molecule has 2 saturated heterocycles. The van der Waals surface area contributed by atoms with Crippen LogP contribution in [0.15, 0.2) is 0 Å². The van der Waals surface area contributed by atoms with Crippen LogP contribution in [0.2, 0.25) is 0 Å². The van der Waals surface area contributed by atoms with Crippen LogP contribution in [0.5, 0.6) is 0 Å². The lowest BCUT2D eigenvalue weighted by Crippen LogP contribution is -2.37. The summed E-state index contributed by atoms with van der Waals surface area (Å²) in [6, 6.07) is 0. The molecule has 2 aliphatic rings. The van der Waals surface area contributed by atoms with Crippen LogP contribution in [-0.2, 0) is 4.79 Å². The molecule has 2 rings (SSSR count). The van der Waals surface area contributed by atoms with Crippen molar-refractivity contribution in [2.24, 2.45) is 0 Å². The fraction of sp³-hybridized carbons (Fsp3) is 0.929. The number of aliphatic hydroxyl groups excluding tert-OH is 1. The molecule has 0 atom stereocenters. The number of aliphatic hydroxyl groups is 1. The maximum Gasteiger partial charge on any atom is 0.232 e. The van der Waals surface area contributed by atoms with E-state index in [-0.39, 0.29) is 6.61 Å². The van der Waals surface area contributed by atoms with Gasteiger partial charge in [-0.25, -0.2) is 0 Å². The molecule has 20 heavy (non-hydrogen) atoms. The Morgan fingerprint density at radius 2 is 2.00 bits per heavy atom. The molecule has 0 aromatic carbocycles. The molecule has 6 heteroatoms. The van der Waals surface area contributed by atoms with Crippen LogP contribution in [0, 0.1) is 0 Å². The Labute approximate surface area is 126 Å². The SMILES string of the molecule is O=C(CSC1CCNCC1)N1CCCN(CCO)CC1. The van der Waals surface area contributed by atoms with Gasteiger partial charge in [-0.2, -0.15) is 0 Å². The van der Waals surface area contributed by atoms with Crippen molar-refractivity contribution in [3.63, 3.8) is 0 Å². The molecule has 5 nitrogen and oxygen atoms in total. The van der Waals surface area contributed by atoms with E-state index in [0.717, 1.165) is 52.2 Å². The summed E-state index contributed by atoms with van der Waals surface area (Å²) in [6.45, 7) is 6.68. The Balaban J connectivity index is 1.69. The summed E-state index contributed by atoms with van der Waals surface area (Å²) in [6.07, 6.45) is 3.38. The Bertz CT molecular complexity index is 298. The predicted molar refractivity (Wildman–Crippen MR) is 83.1 cm³/mol. The van der Waals surface area contributed by atoms with Gasteiger partial charge in [0.1, 0.15) is 0 Å². The van der Waals surface area contributed by atoms with Gasteiger partial charge in [-0.3, -0.25) is 9.69 Å². The first-order valence-corrected chi connectivity index (χ1v) is 8.78. The average molecular weight is 301 g/mol. The van der Waals surface area contributed by atoms with Gasteiger partial charge in [-0.05, 0) is 38.9 Å². The lowest BCUT2D eigenvalue weighted by molar-refractivity contribution is -0.128. The van der Waals surface area contributed by atoms with Gasteiger partial charge in [0.2, 0.25) is 5.91 Å². The van der Waals surface area contributed by atoms with Crippen LogP contribution in [0.25, 0.3) is 0 Å². The van der Waals surface area contributed by atoms with E-state index in [9.17, 15) is 4.79 Å². The standard InChI is InChI=1S/C14H27N3O2S/c18-11-10-16-6-1-7-17(9-8-16)14(19)12-20-13-2-4-15-5-3-13/h13,15,18H,1-12H2. The number of carbonyl (C=O) groups is 1. The smallest absolute Gasteiger partial charge is 0.232 e. The molecule has 0 unspecified atom stereocenters. The van der Waals surface area contributed by atoms with Crippen LogP contribution >= 0.6 is 11.8 Å². The molecule has 0 aliphatic carbocycles. The highest BCUT2D eigenvalue weighted by Gasteiger charge is 2.21. The summed E-state index contributed by atoms with van der Waals surface area (Å²) < 4.78 is 0. The fourth-order valence-corrected chi connectivity index (χ4v) is 3.96. The number of amides is 1. The van der Waals surface area contributed by atoms with E-state index in [0.29, 0.717) is 16.9 Å². The lowest BCUT2D eigenvalue weighted by Gasteiger charge is -2.24. The number of piperidine rings is 1. The zero-order valence-electron chi connectivity index (χ0n) is 12.2. The number of β-amino-alcohol motifs (C(OH)–C–C–N with tert-alkyl or cyclic N) is 1. The Hall–Kier alpha value is -0.300. The van der Waals surface area contributed by atoms with Gasteiger partial charge >= 0.3 is 0 Å². The lowest BCUT2D eigenvalue weighted by atomic mass is 10.2. The molecule has 2 fully saturated rings. The second-order valence-corrected chi connectivity index (χ2v) is 6.85. The van der Waals surface area contributed by atoms with E-state index in [2.05, 4.69) is 10.2 Å². The average Bonchev–Trinajstić information content (AvgIpc) is 2.72. The molecule has 2 N–H and O–H groups in total. The molecule has 0 saturated carbocycles. The number of nitrogens with zero attached hydrogens (tertiary/aromatic N) is 2. The van der Waals surface area contributed by atoms with Crippen LogP contribution in [0.3, 0.4) is 0 Å². The van der Waals surface area contributed by atoms with E-state index in [1.165, 1.54) is 12.8 Å². The monoisotopic (exact) mass is 301 g/mol. The van der Waals surface area contributed by atoms with Gasteiger partial charge in [0, 0.05) is 31.4 Å². The van der Waals surface area contributed by atoms with Gasteiger partial charge in [0.05, 0.1) is 12.4 Å². The normalized spacial score (nSPS) is 22.8. The van der Waals surface area contributed by atoms with Crippen molar-refractivity contribution in [3.8, 4) is 0 Å². The molecule has 116 valence electrons. The summed E-state index contributed by atoms with van der Waals surface area (Å²) in [5, 5.41) is 13.0. The minimum Gasteiger partial charge on any atom is -0.395 e. The first-order valence-electron chi connectivity index (χ1n) is 7.73. The first kappa shape index (κ1) is 16.1. The van der Waals surface area contributed by atoms with E-state index in [1.54, 1.807) is 0 Å². The first-order chi connectivity index (χ1) is 9.79. The highest BCUT2D eigenvalue weighted by atomic mass is 32.2.